The fraction of sp³-hybridized carbons (Fsp3) is 0.692. The molecule has 11 heteroatoms. The van der Waals surface area contributed by atoms with E-state index in [1.807, 2.05) is 6.08 Å². The Hall–Kier alpha value is -4.20. The third-order valence-corrected chi connectivity index (χ3v) is 16.0. The first-order valence-corrected chi connectivity index (χ1v) is 36.0. The van der Waals surface area contributed by atoms with Crippen molar-refractivity contribution in [3.8, 4) is 0 Å². The molecule has 0 radical (unpaired) electrons. The van der Waals surface area contributed by atoms with Crippen LogP contribution in [0.2, 0.25) is 0 Å². The maximum absolute atomic E-state index is 13.5. The molecule has 0 aromatic heterocycles. The minimum Gasteiger partial charge on any atom is -0.454 e. The molecule has 1 saturated heterocycles. The first kappa shape index (κ1) is 82.8. The molecule has 11 nitrogen and oxygen atoms in total. The number of nitrogens with one attached hydrogen (secondary N) is 1. The van der Waals surface area contributed by atoms with Crippen LogP contribution >= 0.6 is 0 Å². The number of ether oxygens (including phenoxy) is 3. The zero-order chi connectivity index (χ0) is 64.6. The van der Waals surface area contributed by atoms with Gasteiger partial charge in [-0.25, -0.2) is 0 Å². The summed E-state index contributed by atoms with van der Waals surface area (Å²) in [5, 5.41) is 57.2. The molecule has 0 aliphatic carbocycles. The molecule has 8 atom stereocenters. The first-order valence-electron chi connectivity index (χ1n) is 36.0. The number of amides is 1. The summed E-state index contributed by atoms with van der Waals surface area (Å²) in [4.78, 5) is 26.7. The molecule has 8 unspecified atom stereocenters. The molecule has 1 heterocycles. The Morgan fingerprint density at radius 1 is 0.449 bits per heavy atom. The molecule has 0 aromatic rings. The molecule has 508 valence electrons. The number of allylic oxidation sites excluding steroid dienone is 21. The van der Waals surface area contributed by atoms with Gasteiger partial charge >= 0.3 is 5.97 Å². The maximum Gasteiger partial charge on any atom is 0.306 e. The van der Waals surface area contributed by atoms with E-state index in [0.717, 1.165) is 161 Å². The number of aliphatic hydroxyl groups excluding tert-OH is 5. The SMILES string of the molecule is CC/C=C\C/C=C\C/C=C\C/C=C\C/C=C\CCCCCCCCCCCCCC(=O)OC1C(OCC(NC(=O)C(O)CCCCCCCC/C=C\C/C=C\C/C=C\C/C=C\C/C=C\CC)C(O)/C=C/CCCCCCCCCCC)OC(CO)C(O)C1O. The van der Waals surface area contributed by atoms with Gasteiger partial charge in [-0.05, 0) is 116 Å². The summed E-state index contributed by atoms with van der Waals surface area (Å²) in [5.74, 6) is -1.21. The number of unbranched alkanes of at least 4 members (excludes halogenated alkanes) is 26. The average molecular weight is 1240 g/mol. The van der Waals surface area contributed by atoms with Crippen LogP contribution in [0, 0.1) is 0 Å². The molecule has 1 amide bonds. The third kappa shape index (κ3) is 51.1. The van der Waals surface area contributed by atoms with Gasteiger partial charge in [0, 0.05) is 6.42 Å². The van der Waals surface area contributed by atoms with Gasteiger partial charge in [-0.1, -0.05) is 296 Å². The zero-order valence-corrected chi connectivity index (χ0v) is 56.5. The van der Waals surface area contributed by atoms with Gasteiger partial charge in [-0.2, -0.15) is 0 Å². The number of aliphatic hydroxyl groups is 5. The lowest BCUT2D eigenvalue weighted by Crippen LogP contribution is -2.61. The van der Waals surface area contributed by atoms with Crippen molar-refractivity contribution in [2.24, 2.45) is 0 Å². The van der Waals surface area contributed by atoms with Crippen molar-refractivity contribution < 1.29 is 49.3 Å². The normalized spacial score (nSPS) is 18.9. The minimum absolute atomic E-state index is 0.111. The fourth-order valence-corrected chi connectivity index (χ4v) is 10.5. The molecule has 1 rings (SSSR count). The van der Waals surface area contributed by atoms with Crippen molar-refractivity contribution in [3.05, 3.63) is 134 Å². The zero-order valence-electron chi connectivity index (χ0n) is 56.5. The van der Waals surface area contributed by atoms with Gasteiger partial charge < -0.3 is 45.1 Å². The van der Waals surface area contributed by atoms with Gasteiger partial charge in [-0.3, -0.25) is 9.59 Å². The lowest BCUT2D eigenvalue weighted by Gasteiger charge is -2.41. The molecule has 0 bridgehead atoms. The van der Waals surface area contributed by atoms with E-state index in [1.54, 1.807) is 6.08 Å². The van der Waals surface area contributed by atoms with E-state index in [4.69, 9.17) is 14.2 Å². The van der Waals surface area contributed by atoms with Crippen molar-refractivity contribution in [2.45, 2.75) is 333 Å². The molecular formula is C78H131NO10. The number of esters is 1. The minimum atomic E-state index is -1.63. The van der Waals surface area contributed by atoms with Crippen LogP contribution in [0.3, 0.4) is 0 Å². The number of carbonyl (C=O) groups is 2. The van der Waals surface area contributed by atoms with E-state index in [2.05, 4.69) is 148 Å². The number of carbonyl (C=O) groups excluding carboxylic acids is 2. The number of rotatable bonds is 60. The maximum atomic E-state index is 13.5. The highest BCUT2D eigenvalue weighted by atomic mass is 16.7. The Labute approximate surface area is 543 Å². The standard InChI is InChI=1S/C78H131NO10/c1-4-7-10-13-16-19-22-24-26-28-30-32-34-35-36-37-38-40-42-44-46-48-51-54-57-60-63-66-73(83)89-76-75(85)74(84)72(67-80)88-78(76)87-68-69(70(81)64-61-58-55-52-49-21-18-15-12-9-6-3)79-77(86)71(82)65-62-59-56-53-50-47-45-43-41-39-33-31-29-27-25-23-20-17-14-11-8-5-2/h7-8,10-11,16-17,19-20,24-27,30-33,35-36,41,43,61,64,69-72,74-76,78,80-82,84-85H,4-6,9,12-15,18,21-23,28-29,34,37-40,42,44-60,62-63,65-68H2,1-3H3,(H,79,86)/b10-7-,11-8-,19-16-,20-17-,26-24-,27-25-,32-30-,33-31-,36-35-,43-41-,64-61+. The van der Waals surface area contributed by atoms with E-state index < -0.39 is 67.4 Å². The van der Waals surface area contributed by atoms with Gasteiger partial charge in [0.2, 0.25) is 5.91 Å². The van der Waals surface area contributed by atoms with Crippen LogP contribution in [-0.2, 0) is 23.8 Å². The molecular weight excluding hydrogens is 1110 g/mol. The van der Waals surface area contributed by atoms with Gasteiger partial charge in [0.05, 0.1) is 25.4 Å². The smallest absolute Gasteiger partial charge is 0.306 e. The highest BCUT2D eigenvalue weighted by Crippen LogP contribution is 2.26. The summed E-state index contributed by atoms with van der Waals surface area (Å²) in [6.45, 7) is 5.56. The monoisotopic (exact) mass is 1240 g/mol. The van der Waals surface area contributed by atoms with Gasteiger partial charge in [0.1, 0.15) is 24.4 Å². The molecule has 0 spiro atoms. The van der Waals surface area contributed by atoms with Crippen LogP contribution in [0.5, 0.6) is 0 Å². The van der Waals surface area contributed by atoms with E-state index in [1.165, 1.54) is 77.0 Å². The number of hydrogen-bond acceptors (Lipinski definition) is 10. The molecule has 1 aliphatic heterocycles. The van der Waals surface area contributed by atoms with Gasteiger partial charge in [0.15, 0.2) is 12.4 Å². The molecule has 89 heavy (non-hydrogen) atoms. The quantitative estimate of drug-likeness (QED) is 0.0195. The Balaban J connectivity index is 2.56. The van der Waals surface area contributed by atoms with E-state index >= 15 is 0 Å². The fourth-order valence-electron chi connectivity index (χ4n) is 10.5. The van der Waals surface area contributed by atoms with Crippen LogP contribution in [0.15, 0.2) is 134 Å². The summed E-state index contributed by atoms with van der Waals surface area (Å²) in [6, 6.07) is -1.04. The molecule has 6 N–H and O–H groups in total. The third-order valence-electron chi connectivity index (χ3n) is 16.0. The van der Waals surface area contributed by atoms with Crippen molar-refractivity contribution in [1.82, 2.24) is 5.32 Å². The Morgan fingerprint density at radius 2 is 0.809 bits per heavy atom. The topological polar surface area (TPSA) is 175 Å². The lowest BCUT2D eigenvalue weighted by atomic mass is 9.99. The highest BCUT2D eigenvalue weighted by molar-refractivity contribution is 5.80. The molecule has 0 saturated carbocycles. The number of hydrogen-bond donors (Lipinski definition) is 6. The Bertz CT molecular complexity index is 1960. The van der Waals surface area contributed by atoms with E-state index in [0.29, 0.717) is 12.8 Å². The summed E-state index contributed by atoms with van der Waals surface area (Å²) in [5.41, 5.74) is 0. The largest absolute Gasteiger partial charge is 0.454 e. The van der Waals surface area contributed by atoms with Crippen molar-refractivity contribution in [3.63, 3.8) is 0 Å². The highest BCUT2D eigenvalue weighted by Gasteiger charge is 2.47. The van der Waals surface area contributed by atoms with E-state index in [-0.39, 0.29) is 19.4 Å². The van der Waals surface area contributed by atoms with Crippen LogP contribution in [0.1, 0.15) is 284 Å². The summed E-state index contributed by atoms with van der Waals surface area (Å²) in [7, 11) is 0. The van der Waals surface area contributed by atoms with Crippen LogP contribution in [-0.4, -0.2) is 99.6 Å². The lowest BCUT2D eigenvalue weighted by molar-refractivity contribution is -0.305. The Kier molecular flexibility index (Phi) is 59.5. The first-order chi connectivity index (χ1) is 43.7. The second kappa shape index (κ2) is 63.9. The second-order valence-corrected chi connectivity index (χ2v) is 24.2. The van der Waals surface area contributed by atoms with Crippen molar-refractivity contribution in [1.29, 1.82) is 0 Å². The van der Waals surface area contributed by atoms with Crippen LogP contribution in [0.4, 0.5) is 0 Å². The predicted molar refractivity (Wildman–Crippen MR) is 374 cm³/mol. The van der Waals surface area contributed by atoms with Crippen LogP contribution < -0.4 is 5.32 Å². The molecule has 1 fully saturated rings. The van der Waals surface area contributed by atoms with E-state index in [9.17, 15) is 35.1 Å². The summed E-state index contributed by atoms with van der Waals surface area (Å²) in [6.07, 6.45) is 80.6. The Morgan fingerprint density at radius 3 is 1.21 bits per heavy atom. The van der Waals surface area contributed by atoms with Gasteiger partial charge in [-0.15, -0.1) is 0 Å². The molecule has 0 aromatic carbocycles. The second-order valence-electron chi connectivity index (χ2n) is 24.2. The van der Waals surface area contributed by atoms with Gasteiger partial charge in [0.25, 0.3) is 0 Å². The summed E-state index contributed by atoms with van der Waals surface area (Å²) < 4.78 is 17.7. The predicted octanol–water partition coefficient (Wildman–Crippen LogP) is 18.7. The van der Waals surface area contributed by atoms with Crippen molar-refractivity contribution in [2.75, 3.05) is 13.2 Å². The van der Waals surface area contributed by atoms with Crippen molar-refractivity contribution >= 4 is 11.9 Å². The molecule has 1 aliphatic rings. The summed E-state index contributed by atoms with van der Waals surface area (Å²) >= 11 is 0. The average Bonchev–Trinajstić information content (AvgIpc) is 1.43. The van der Waals surface area contributed by atoms with Crippen LogP contribution in [0.25, 0.3) is 0 Å².